The molecule has 5 heteroatoms. The second-order valence-corrected chi connectivity index (χ2v) is 2.69. The molecule has 1 aliphatic rings. The molecule has 0 radical (unpaired) electrons. The van der Waals surface area contributed by atoms with Crippen LogP contribution in [-0.2, 0) is 9.53 Å². The molecule has 1 aliphatic heterocycles. The number of H-pyrrole nitrogens is 1. The van der Waals surface area contributed by atoms with Crippen LogP contribution in [0.4, 0.5) is 5.82 Å². The van der Waals surface area contributed by atoms with E-state index in [1.807, 2.05) is 0 Å². The zero-order valence-corrected chi connectivity index (χ0v) is 6.91. The molecule has 1 aromatic rings. The van der Waals surface area contributed by atoms with Crippen molar-refractivity contribution in [2.75, 3.05) is 11.9 Å². The predicted molar refractivity (Wildman–Crippen MR) is 45.9 cm³/mol. The van der Waals surface area contributed by atoms with Crippen LogP contribution in [0.25, 0.3) is 0 Å². The summed E-state index contributed by atoms with van der Waals surface area (Å²) in [6.45, 7) is 0.589. The molecule has 0 aromatic carbocycles. The first-order valence-electron chi connectivity index (χ1n) is 3.97. The minimum absolute atomic E-state index is 0.137. The van der Waals surface area contributed by atoms with E-state index in [0.29, 0.717) is 24.4 Å². The minimum Gasteiger partial charge on any atom is -0.500 e. The van der Waals surface area contributed by atoms with Gasteiger partial charge in [-0.15, -0.1) is 0 Å². The maximum Gasteiger partial charge on any atom is 0.255 e. The average molecular weight is 179 g/mol. The summed E-state index contributed by atoms with van der Waals surface area (Å²) in [7, 11) is 0. The lowest BCUT2D eigenvalue weighted by atomic mass is 10.2. The Hall–Kier alpha value is -1.78. The molecule has 0 fully saturated rings. The van der Waals surface area contributed by atoms with Crippen LogP contribution < -0.4 is 5.32 Å². The van der Waals surface area contributed by atoms with Gasteiger partial charge in [0.15, 0.2) is 0 Å². The van der Waals surface area contributed by atoms with Crippen molar-refractivity contribution < 1.29 is 9.53 Å². The maximum atomic E-state index is 11.4. The highest BCUT2D eigenvalue weighted by Crippen LogP contribution is 2.12. The SMILES string of the molecule is O=C(Nc1ccn[nH]1)C1=COCC1. The fourth-order valence-corrected chi connectivity index (χ4v) is 1.08. The Morgan fingerprint density at radius 3 is 3.23 bits per heavy atom. The van der Waals surface area contributed by atoms with E-state index in [0.717, 1.165) is 0 Å². The number of ether oxygens (including phenoxy) is 1. The summed E-state index contributed by atoms with van der Waals surface area (Å²) >= 11 is 0. The zero-order valence-electron chi connectivity index (χ0n) is 6.91. The lowest BCUT2D eigenvalue weighted by molar-refractivity contribution is -0.112. The average Bonchev–Trinajstić information content (AvgIpc) is 2.74. The molecule has 2 N–H and O–H groups in total. The molecule has 5 nitrogen and oxygen atoms in total. The Morgan fingerprint density at radius 1 is 1.69 bits per heavy atom. The van der Waals surface area contributed by atoms with Crippen molar-refractivity contribution in [1.82, 2.24) is 10.2 Å². The van der Waals surface area contributed by atoms with Gasteiger partial charge in [0, 0.05) is 12.5 Å². The number of nitrogens with one attached hydrogen (secondary N) is 2. The van der Waals surface area contributed by atoms with Gasteiger partial charge in [0.2, 0.25) is 0 Å². The number of aromatic nitrogens is 2. The van der Waals surface area contributed by atoms with Gasteiger partial charge >= 0.3 is 0 Å². The second-order valence-electron chi connectivity index (χ2n) is 2.69. The molecule has 0 atom stereocenters. The van der Waals surface area contributed by atoms with Gasteiger partial charge in [-0.25, -0.2) is 0 Å². The fraction of sp³-hybridized carbons (Fsp3) is 0.250. The Kier molecular flexibility index (Phi) is 1.99. The van der Waals surface area contributed by atoms with Crippen LogP contribution in [0, 0.1) is 0 Å². The molecule has 0 unspecified atom stereocenters. The van der Waals surface area contributed by atoms with E-state index in [-0.39, 0.29) is 5.91 Å². The molecule has 0 saturated heterocycles. The highest BCUT2D eigenvalue weighted by atomic mass is 16.5. The van der Waals surface area contributed by atoms with Crippen LogP contribution in [0.1, 0.15) is 6.42 Å². The van der Waals surface area contributed by atoms with Gasteiger partial charge in [0.1, 0.15) is 5.82 Å². The summed E-state index contributed by atoms with van der Waals surface area (Å²) < 4.78 is 4.95. The van der Waals surface area contributed by atoms with Crippen molar-refractivity contribution in [3.05, 3.63) is 24.1 Å². The van der Waals surface area contributed by atoms with Gasteiger partial charge in [-0.1, -0.05) is 0 Å². The quantitative estimate of drug-likeness (QED) is 0.700. The Balaban J connectivity index is 1.99. The summed E-state index contributed by atoms with van der Waals surface area (Å²) in [4.78, 5) is 11.4. The Morgan fingerprint density at radius 2 is 2.62 bits per heavy atom. The summed E-state index contributed by atoms with van der Waals surface area (Å²) in [5.41, 5.74) is 0.662. The molecular weight excluding hydrogens is 170 g/mol. The lowest BCUT2D eigenvalue weighted by Gasteiger charge is -1.99. The first kappa shape index (κ1) is 7.85. The largest absolute Gasteiger partial charge is 0.500 e. The number of amides is 1. The minimum atomic E-state index is -0.137. The highest BCUT2D eigenvalue weighted by Gasteiger charge is 2.14. The molecule has 0 saturated carbocycles. The molecule has 1 amide bonds. The third kappa shape index (κ3) is 1.69. The van der Waals surface area contributed by atoms with Crippen LogP contribution in [-0.4, -0.2) is 22.7 Å². The van der Waals surface area contributed by atoms with Gasteiger partial charge in [-0.3, -0.25) is 9.89 Å². The number of hydrogen-bond acceptors (Lipinski definition) is 3. The number of carbonyl (C=O) groups is 1. The van der Waals surface area contributed by atoms with Crippen molar-refractivity contribution in [3.8, 4) is 0 Å². The third-order valence-electron chi connectivity index (χ3n) is 1.76. The van der Waals surface area contributed by atoms with Crippen molar-refractivity contribution in [2.45, 2.75) is 6.42 Å². The topological polar surface area (TPSA) is 67.0 Å². The van der Waals surface area contributed by atoms with E-state index >= 15 is 0 Å². The molecule has 1 aromatic heterocycles. The van der Waals surface area contributed by atoms with Gasteiger partial charge in [-0.2, -0.15) is 5.10 Å². The molecule has 2 rings (SSSR count). The predicted octanol–water partition coefficient (Wildman–Crippen LogP) is 0.652. The molecule has 0 spiro atoms. The summed E-state index contributed by atoms with van der Waals surface area (Å²) in [5.74, 6) is 0.458. The molecule has 13 heavy (non-hydrogen) atoms. The Bertz CT molecular complexity index is 329. The number of anilines is 1. The normalized spacial score (nSPS) is 14.9. The third-order valence-corrected chi connectivity index (χ3v) is 1.76. The van der Waals surface area contributed by atoms with Crippen molar-refractivity contribution in [3.63, 3.8) is 0 Å². The molecular formula is C8H9N3O2. The first-order valence-corrected chi connectivity index (χ1v) is 3.97. The van der Waals surface area contributed by atoms with Gasteiger partial charge in [-0.05, 0) is 0 Å². The van der Waals surface area contributed by atoms with E-state index in [2.05, 4.69) is 15.5 Å². The standard InChI is InChI=1S/C8H9N3O2/c12-8(6-2-4-13-5-6)10-7-1-3-9-11-7/h1,3,5H,2,4H2,(H2,9,10,11,12). The van der Waals surface area contributed by atoms with E-state index in [4.69, 9.17) is 4.74 Å². The van der Waals surface area contributed by atoms with Crippen LogP contribution in [0.3, 0.4) is 0 Å². The smallest absolute Gasteiger partial charge is 0.255 e. The van der Waals surface area contributed by atoms with Crippen LogP contribution in [0.2, 0.25) is 0 Å². The van der Waals surface area contributed by atoms with Crippen LogP contribution in [0.5, 0.6) is 0 Å². The summed E-state index contributed by atoms with van der Waals surface area (Å²) in [5, 5.41) is 9.01. The molecule has 2 heterocycles. The first-order chi connectivity index (χ1) is 6.36. The van der Waals surface area contributed by atoms with Crippen molar-refractivity contribution in [1.29, 1.82) is 0 Å². The zero-order chi connectivity index (χ0) is 9.10. The Labute approximate surface area is 74.8 Å². The van der Waals surface area contributed by atoms with E-state index in [1.54, 1.807) is 12.3 Å². The highest BCUT2D eigenvalue weighted by molar-refractivity contribution is 6.03. The fourth-order valence-electron chi connectivity index (χ4n) is 1.08. The van der Waals surface area contributed by atoms with Gasteiger partial charge in [0.25, 0.3) is 5.91 Å². The van der Waals surface area contributed by atoms with E-state index in [9.17, 15) is 4.79 Å². The summed E-state index contributed by atoms with van der Waals surface area (Å²) in [6, 6.07) is 1.69. The maximum absolute atomic E-state index is 11.4. The molecule has 0 aliphatic carbocycles. The van der Waals surface area contributed by atoms with Crippen LogP contribution in [0.15, 0.2) is 24.1 Å². The number of hydrogen-bond donors (Lipinski definition) is 2. The number of carbonyl (C=O) groups excluding carboxylic acids is 1. The number of rotatable bonds is 2. The second kappa shape index (κ2) is 3.30. The number of nitrogens with zero attached hydrogens (tertiary/aromatic N) is 1. The molecule has 0 bridgehead atoms. The lowest BCUT2D eigenvalue weighted by Crippen LogP contribution is -2.13. The monoisotopic (exact) mass is 179 g/mol. The molecule has 68 valence electrons. The van der Waals surface area contributed by atoms with E-state index in [1.165, 1.54) is 6.26 Å². The van der Waals surface area contributed by atoms with Crippen LogP contribution >= 0.6 is 0 Å². The van der Waals surface area contributed by atoms with Gasteiger partial charge in [0.05, 0.1) is 24.6 Å². The van der Waals surface area contributed by atoms with Gasteiger partial charge < -0.3 is 10.1 Å². The number of aromatic amines is 1. The van der Waals surface area contributed by atoms with Crippen molar-refractivity contribution >= 4 is 11.7 Å². The van der Waals surface area contributed by atoms with E-state index < -0.39 is 0 Å². The van der Waals surface area contributed by atoms with Crippen molar-refractivity contribution in [2.24, 2.45) is 0 Å². The summed E-state index contributed by atoms with van der Waals surface area (Å²) in [6.07, 6.45) is 3.74.